The number of aryl methyl sites for hydroxylation is 1. The maximum atomic E-state index is 12.9. The highest BCUT2D eigenvalue weighted by atomic mass is 19.1. The fourth-order valence-electron chi connectivity index (χ4n) is 2.19. The monoisotopic (exact) mass is 331 g/mol. The summed E-state index contributed by atoms with van der Waals surface area (Å²) in [5, 5.41) is 15.7. The molecular weight excluding hydrogens is 309 g/mol. The summed E-state index contributed by atoms with van der Waals surface area (Å²) in [5.41, 5.74) is 1.26. The minimum Gasteiger partial charge on any atom is -0.384 e. The number of amides is 2. The van der Waals surface area contributed by atoms with E-state index >= 15 is 0 Å². The molecule has 1 atom stereocenters. The molecule has 1 aromatic heterocycles. The Hall–Kier alpha value is -2.47. The van der Waals surface area contributed by atoms with Gasteiger partial charge in [-0.2, -0.15) is 0 Å². The zero-order chi connectivity index (χ0) is 17.6. The summed E-state index contributed by atoms with van der Waals surface area (Å²) in [6.07, 6.45) is 2.46. The van der Waals surface area contributed by atoms with E-state index in [4.69, 9.17) is 0 Å². The van der Waals surface area contributed by atoms with Gasteiger partial charge in [-0.25, -0.2) is 9.18 Å². The molecule has 0 spiro atoms. The summed E-state index contributed by atoms with van der Waals surface area (Å²) < 4.78 is 12.9. The third-order valence-corrected chi connectivity index (χ3v) is 3.73. The molecule has 5 nitrogen and oxygen atoms in total. The molecule has 6 heteroatoms. The molecule has 128 valence electrons. The van der Waals surface area contributed by atoms with Gasteiger partial charge in [0.05, 0.1) is 6.54 Å². The van der Waals surface area contributed by atoms with Gasteiger partial charge in [-0.3, -0.25) is 4.98 Å². The molecule has 1 unspecified atom stereocenters. The van der Waals surface area contributed by atoms with Crippen molar-refractivity contribution in [1.82, 2.24) is 15.6 Å². The lowest BCUT2D eigenvalue weighted by Gasteiger charge is -2.24. The molecule has 1 heterocycles. The Labute approximate surface area is 140 Å². The second-order valence-corrected chi connectivity index (χ2v) is 5.95. The van der Waals surface area contributed by atoms with Gasteiger partial charge in [0.1, 0.15) is 11.4 Å². The molecule has 0 saturated heterocycles. The van der Waals surface area contributed by atoms with E-state index in [1.807, 2.05) is 19.1 Å². The number of pyridine rings is 1. The molecule has 2 aromatic rings. The van der Waals surface area contributed by atoms with Gasteiger partial charge in [-0.15, -0.1) is 0 Å². The third-order valence-electron chi connectivity index (χ3n) is 3.73. The quantitative estimate of drug-likeness (QED) is 0.760. The summed E-state index contributed by atoms with van der Waals surface area (Å²) in [6.45, 7) is 3.98. The highest BCUT2D eigenvalue weighted by molar-refractivity contribution is 5.73. The van der Waals surface area contributed by atoms with E-state index in [0.717, 1.165) is 11.3 Å². The average molecular weight is 331 g/mol. The van der Waals surface area contributed by atoms with Gasteiger partial charge >= 0.3 is 6.03 Å². The van der Waals surface area contributed by atoms with Gasteiger partial charge in [-0.1, -0.05) is 18.2 Å². The van der Waals surface area contributed by atoms with Crippen LogP contribution in [0.4, 0.5) is 9.18 Å². The van der Waals surface area contributed by atoms with Crippen molar-refractivity contribution in [1.29, 1.82) is 0 Å². The van der Waals surface area contributed by atoms with E-state index in [9.17, 15) is 14.3 Å². The van der Waals surface area contributed by atoms with E-state index in [2.05, 4.69) is 15.6 Å². The first kappa shape index (κ1) is 17.9. The number of rotatable bonds is 6. The second-order valence-electron chi connectivity index (χ2n) is 5.95. The molecule has 3 N–H and O–H groups in total. The summed E-state index contributed by atoms with van der Waals surface area (Å²) >= 11 is 0. The number of aromatic nitrogens is 1. The molecule has 24 heavy (non-hydrogen) atoms. The molecule has 0 radical (unpaired) electrons. The molecule has 2 rings (SSSR count). The number of carbonyl (C=O) groups excluding carboxylic acids is 1. The predicted molar refractivity (Wildman–Crippen MR) is 90.1 cm³/mol. The van der Waals surface area contributed by atoms with Crippen molar-refractivity contribution < 1.29 is 14.3 Å². The zero-order valence-corrected chi connectivity index (χ0v) is 13.8. The summed E-state index contributed by atoms with van der Waals surface area (Å²) in [4.78, 5) is 16.0. The number of hydrogen-bond donors (Lipinski definition) is 3. The van der Waals surface area contributed by atoms with Crippen LogP contribution >= 0.6 is 0 Å². The number of aliphatic hydroxyl groups is 1. The van der Waals surface area contributed by atoms with Crippen molar-refractivity contribution >= 4 is 6.03 Å². The minimum absolute atomic E-state index is 0.0244. The Morgan fingerprint density at radius 2 is 1.92 bits per heavy atom. The van der Waals surface area contributed by atoms with E-state index in [0.29, 0.717) is 18.5 Å². The van der Waals surface area contributed by atoms with Gasteiger partial charge in [-0.05, 0) is 49.6 Å². The van der Waals surface area contributed by atoms with Crippen LogP contribution in [-0.4, -0.2) is 29.2 Å². The summed E-state index contributed by atoms with van der Waals surface area (Å²) in [7, 11) is 0. The standard InChI is InChI=1S/C18H22FN3O2/c1-13-3-4-14(11-21-13)9-10-20-17(23)22-12-18(2,24)15-5-7-16(19)8-6-15/h3-8,11,24H,9-10,12H2,1-2H3,(H2,20,22,23). The van der Waals surface area contributed by atoms with Crippen LogP contribution in [0.3, 0.4) is 0 Å². The fraction of sp³-hybridized carbons (Fsp3) is 0.333. The van der Waals surface area contributed by atoms with Crippen LogP contribution in [0.2, 0.25) is 0 Å². The summed E-state index contributed by atoms with van der Waals surface area (Å²) in [5.74, 6) is -0.370. The lowest BCUT2D eigenvalue weighted by molar-refractivity contribution is 0.0593. The van der Waals surface area contributed by atoms with Crippen molar-refractivity contribution in [3.63, 3.8) is 0 Å². The fourth-order valence-corrected chi connectivity index (χ4v) is 2.19. The normalized spacial score (nSPS) is 13.2. The Morgan fingerprint density at radius 3 is 2.54 bits per heavy atom. The number of nitrogens with one attached hydrogen (secondary N) is 2. The highest BCUT2D eigenvalue weighted by Crippen LogP contribution is 2.19. The molecule has 1 aromatic carbocycles. The predicted octanol–water partition coefficient (Wildman–Crippen LogP) is 2.28. The van der Waals surface area contributed by atoms with Gasteiger partial charge in [0.2, 0.25) is 0 Å². The van der Waals surface area contributed by atoms with E-state index in [1.165, 1.54) is 24.3 Å². The Kier molecular flexibility index (Phi) is 5.87. The summed E-state index contributed by atoms with van der Waals surface area (Å²) in [6, 6.07) is 9.09. The highest BCUT2D eigenvalue weighted by Gasteiger charge is 2.23. The third kappa shape index (κ3) is 5.31. The molecule has 0 bridgehead atoms. The largest absolute Gasteiger partial charge is 0.384 e. The van der Waals surface area contributed by atoms with E-state index in [-0.39, 0.29) is 18.4 Å². The maximum absolute atomic E-state index is 12.9. The Balaban J connectivity index is 1.75. The SMILES string of the molecule is Cc1ccc(CCNC(=O)NCC(C)(O)c2ccc(F)cc2)cn1. The zero-order valence-electron chi connectivity index (χ0n) is 13.8. The molecule has 0 aliphatic heterocycles. The number of halogens is 1. The smallest absolute Gasteiger partial charge is 0.314 e. The van der Waals surface area contributed by atoms with E-state index < -0.39 is 5.60 Å². The van der Waals surface area contributed by atoms with Crippen molar-refractivity contribution in [2.24, 2.45) is 0 Å². The van der Waals surface area contributed by atoms with Crippen molar-refractivity contribution in [3.8, 4) is 0 Å². The molecule has 0 aliphatic rings. The topological polar surface area (TPSA) is 74.2 Å². The number of hydrogen-bond acceptors (Lipinski definition) is 3. The van der Waals surface area contributed by atoms with Crippen LogP contribution in [0, 0.1) is 12.7 Å². The average Bonchev–Trinajstić information content (AvgIpc) is 2.55. The molecule has 0 saturated carbocycles. The van der Waals surface area contributed by atoms with Crippen molar-refractivity contribution in [2.45, 2.75) is 25.9 Å². The van der Waals surface area contributed by atoms with Crippen LogP contribution < -0.4 is 10.6 Å². The van der Waals surface area contributed by atoms with Crippen molar-refractivity contribution in [3.05, 3.63) is 65.2 Å². The first-order valence-corrected chi connectivity index (χ1v) is 7.78. The molecule has 0 aliphatic carbocycles. The molecular formula is C18H22FN3O2. The number of urea groups is 1. The van der Waals surface area contributed by atoms with E-state index in [1.54, 1.807) is 13.1 Å². The Bertz CT molecular complexity index is 670. The van der Waals surface area contributed by atoms with Gasteiger partial charge in [0.15, 0.2) is 0 Å². The molecule has 2 amide bonds. The van der Waals surface area contributed by atoms with Crippen LogP contribution in [0.1, 0.15) is 23.7 Å². The number of carbonyl (C=O) groups is 1. The van der Waals surface area contributed by atoms with Crippen molar-refractivity contribution in [2.75, 3.05) is 13.1 Å². The second kappa shape index (κ2) is 7.88. The lowest BCUT2D eigenvalue weighted by Crippen LogP contribution is -2.44. The van der Waals surface area contributed by atoms with Crippen LogP contribution in [0.5, 0.6) is 0 Å². The number of nitrogens with zero attached hydrogens (tertiary/aromatic N) is 1. The van der Waals surface area contributed by atoms with Gasteiger partial charge in [0, 0.05) is 18.4 Å². The van der Waals surface area contributed by atoms with Gasteiger partial charge in [0.25, 0.3) is 0 Å². The Morgan fingerprint density at radius 1 is 1.21 bits per heavy atom. The van der Waals surface area contributed by atoms with Crippen LogP contribution in [0.25, 0.3) is 0 Å². The molecule has 0 fully saturated rings. The lowest BCUT2D eigenvalue weighted by atomic mass is 9.96. The first-order chi connectivity index (χ1) is 11.4. The maximum Gasteiger partial charge on any atom is 0.314 e. The number of benzene rings is 1. The first-order valence-electron chi connectivity index (χ1n) is 7.78. The van der Waals surface area contributed by atoms with Gasteiger partial charge < -0.3 is 15.7 Å². The van der Waals surface area contributed by atoms with Crippen LogP contribution in [0.15, 0.2) is 42.6 Å². The minimum atomic E-state index is -1.27. The van der Waals surface area contributed by atoms with Crippen LogP contribution in [-0.2, 0) is 12.0 Å².